The van der Waals surface area contributed by atoms with Crippen molar-refractivity contribution < 1.29 is 9.90 Å². The number of carbonyl (C=O) groups is 1. The molecule has 1 aromatic rings. The van der Waals surface area contributed by atoms with Crippen LogP contribution in [0.25, 0.3) is 0 Å². The van der Waals surface area contributed by atoms with E-state index in [4.69, 9.17) is 0 Å². The highest BCUT2D eigenvalue weighted by atomic mass is 16.3. The van der Waals surface area contributed by atoms with Crippen LogP contribution in [0.5, 0.6) is 0 Å². The first-order valence-corrected chi connectivity index (χ1v) is 8.77. The van der Waals surface area contributed by atoms with E-state index in [1.807, 2.05) is 12.4 Å². The topological polar surface area (TPSA) is 70.4 Å². The van der Waals surface area contributed by atoms with Gasteiger partial charge in [0.15, 0.2) is 0 Å². The number of aliphatic hydroxyl groups is 1. The van der Waals surface area contributed by atoms with Gasteiger partial charge in [0.05, 0.1) is 6.54 Å². The molecule has 0 aromatic carbocycles. The summed E-state index contributed by atoms with van der Waals surface area (Å²) in [5, 5.41) is 13.1. The second kappa shape index (κ2) is 7.01. The van der Waals surface area contributed by atoms with E-state index in [0.717, 1.165) is 51.1 Å². The number of piperidine rings is 1. The Labute approximate surface area is 137 Å². The largest absolute Gasteiger partial charge is 0.383 e. The molecule has 2 fully saturated rings. The third-order valence-corrected chi connectivity index (χ3v) is 4.94. The first-order chi connectivity index (χ1) is 11.0. The van der Waals surface area contributed by atoms with Crippen molar-refractivity contribution in [2.75, 3.05) is 13.1 Å². The Kier molecular flexibility index (Phi) is 5.02. The predicted octanol–water partition coefficient (Wildman–Crippen LogP) is 1.32. The van der Waals surface area contributed by atoms with Gasteiger partial charge in [-0.15, -0.1) is 0 Å². The molecule has 6 nitrogen and oxygen atoms in total. The van der Waals surface area contributed by atoms with Crippen LogP contribution in [0.2, 0.25) is 0 Å². The molecule has 1 saturated carbocycles. The van der Waals surface area contributed by atoms with E-state index < -0.39 is 6.10 Å². The zero-order valence-electron chi connectivity index (χ0n) is 14.1. The molecule has 2 aliphatic rings. The van der Waals surface area contributed by atoms with E-state index in [1.54, 1.807) is 0 Å². The lowest BCUT2D eigenvalue weighted by molar-refractivity contribution is -0.133. The van der Waals surface area contributed by atoms with Crippen molar-refractivity contribution in [3.8, 4) is 0 Å². The molecule has 1 unspecified atom stereocenters. The molecule has 1 aliphatic carbocycles. The van der Waals surface area contributed by atoms with Gasteiger partial charge in [0.25, 0.3) is 0 Å². The van der Waals surface area contributed by atoms with Crippen LogP contribution >= 0.6 is 0 Å². The van der Waals surface area contributed by atoms with E-state index in [-0.39, 0.29) is 11.8 Å². The number of hydrogen-bond donors (Lipinski definition) is 2. The number of amides is 1. The first-order valence-electron chi connectivity index (χ1n) is 8.77. The summed E-state index contributed by atoms with van der Waals surface area (Å²) in [6.45, 7) is 6.97. The number of aromatic nitrogens is 2. The minimum absolute atomic E-state index is 0.0786. The average molecular weight is 320 g/mol. The van der Waals surface area contributed by atoms with Gasteiger partial charge in [-0.1, -0.05) is 0 Å². The zero-order valence-corrected chi connectivity index (χ0v) is 14.1. The minimum atomic E-state index is -0.851. The Bertz CT molecular complexity index is 530. The molecule has 1 saturated heterocycles. The van der Waals surface area contributed by atoms with Crippen LogP contribution < -0.4 is 5.32 Å². The second-order valence-electron chi connectivity index (χ2n) is 7.19. The molecule has 1 amide bonds. The highest BCUT2D eigenvalue weighted by Crippen LogP contribution is 2.24. The Morgan fingerprint density at radius 1 is 1.35 bits per heavy atom. The average Bonchev–Trinajstić information content (AvgIpc) is 3.22. The van der Waals surface area contributed by atoms with Gasteiger partial charge < -0.3 is 15.0 Å². The number of rotatable bonds is 6. The lowest BCUT2D eigenvalue weighted by atomic mass is 9.90. The zero-order chi connectivity index (χ0) is 16.4. The van der Waals surface area contributed by atoms with Crippen LogP contribution in [-0.4, -0.2) is 50.7 Å². The SMILES string of the molecule is CC(C)n1ccnc1CN1CCC(C(O)C(=O)NC2CC2)CC1. The molecule has 1 atom stereocenters. The summed E-state index contributed by atoms with van der Waals surface area (Å²) in [5.41, 5.74) is 0. The summed E-state index contributed by atoms with van der Waals surface area (Å²) in [4.78, 5) is 18.8. The van der Waals surface area contributed by atoms with Crippen LogP contribution in [-0.2, 0) is 11.3 Å². The highest BCUT2D eigenvalue weighted by Gasteiger charge is 2.33. The van der Waals surface area contributed by atoms with Gasteiger partial charge in [-0.3, -0.25) is 9.69 Å². The summed E-state index contributed by atoms with van der Waals surface area (Å²) < 4.78 is 2.20. The molecule has 2 heterocycles. The lowest BCUT2D eigenvalue weighted by Crippen LogP contribution is -2.45. The van der Waals surface area contributed by atoms with Crippen LogP contribution in [0.1, 0.15) is 51.4 Å². The molecular weight excluding hydrogens is 292 g/mol. The standard InChI is InChI=1S/C17H28N4O2/c1-12(2)21-10-7-18-15(21)11-20-8-5-13(6-9-20)16(22)17(23)19-14-3-4-14/h7,10,12-14,16,22H,3-6,8-9,11H2,1-2H3,(H,19,23). The molecule has 6 heteroatoms. The van der Waals surface area contributed by atoms with Crippen molar-refractivity contribution in [2.24, 2.45) is 5.92 Å². The maximum absolute atomic E-state index is 12.0. The van der Waals surface area contributed by atoms with Gasteiger partial charge in [0.2, 0.25) is 5.91 Å². The Morgan fingerprint density at radius 3 is 2.65 bits per heavy atom. The van der Waals surface area contributed by atoms with E-state index in [1.165, 1.54) is 0 Å². The number of likely N-dealkylation sites (tertiary alicyclic amines) is 1. The van der Waals surface area contributed by atoms with Gasteiger partial charge >= 0.3 is 0 Å². The van der Waals surface area contributed by atoms with E-state index in [0.29, 0.717) is 12.1 Å². The number of aliphatic hydroxyl groups excluding tert-OH is 1. The summed E-state index contributed by atoms with van der Waals surface area (Å²) >= 11 is 0. The highest BCUT2D eigenvalue weighted by molar-refractivity contribution is 5.81. The maximum atomic E-state index is 12.0. The quantitative estimate of drug-likeness (QED) is 0.829. The molecule has 0 radical (unpaired) electrons. The summed E-state index contributed by atoms with van der Waals surface area (Å²) in [6, 6.07) is 0.727. The fourth-order valence-electron chi connectivity index (χ4n) is 3.29. The molecule has 0 bridgehead atoms. The van der Waals surface area contributed by atoms with Gasteiger partial charge in [0.1, 0.15) is 11.9 Å². The molecule has 1 aromatic heterocycles. The first kappa shape index (κ1) is 16.5. The molecule has 23 heavy (non-hydrogen) atoms. The Balaban J connectivity index is 1.48. The molecule has 2 N–H and O–H groups in total. The molecular formula is C17H28N4O2. The summed E-state index contributed by atoms with van der Waals surface area (Å²) in [7, 11) is 0. The number of carbonyl (C=O) groups excluding carboxylic acids is 1. The smallest absolute Gasteiger partial charge is 0.249 e. The molecule has 0 spiro atoms. The number of nitrogens with zero attached hydrogens (tertiary/aromatic N) is 3. The predicted molar refractivity (Wildman–Crippen MR) is 87.8 cm³/mol. The summed E-state index contributed by atoms with van der Waals surface area (Å²) in [6.07, 6.45) is 6.87. The second-order valence-corrected chi connectivity index (χ2v) is 7.19. The maximum Gasteiger partial charge on any atom is 0.249 e. The number of nitrogens with one attached hydrogen (secondary N) is 1. The van der Waals surface area contributed by atoms with Crippen LogP contribution in [0.3, 0.4) is 0 Å². The van der Waals surface area contributed by atoms with Crippen LogP contribution in [0.4, 0.5) is 0 Å². The van der Waals surface area contributed by atoms with E-state index in [2.05, 4.69) is 33.6 Å². The van der Waals surface area contributed by atoms with Crippen molar-refractivity contribution in [3.05, 3.63) is 18.2 Å². The van der Waals surface area contributed by atoms with Crippen molar-refractivity contribution in [2.45, 2.75) is 64.3 Å². The third-order valence-electron chi connectivity index (χ3n) is 4.94. The monoisotopic (exact) mass is 320 g/mol. The van der Waals surface area contributed by atoms with Crippen LogP contribution in [0, 0.1) is 5.92 Å². The number of hydrogen-bond acceptors (Lipinski definition) is 4. The summed E-state index contributed by atoms with van der Waals surface area (Å²) in [5.74, 6) is 0.988. The molecule has 128 valence electrons. The fraction of sp³-hybridized carbons (Fsp3) is 0.765. The third kappa shape index (κ3) is 4.12. The fourth-order valence-corrected chi connectivity index (χ4v) is 3.29. The van der Waals surface area contributed by atoms with Crippen LogP contribution in [0.15, 0.2) is 12.4 Å². The Hall–Kier alpha value is -1.40. The van der Waals surface area contributed by atoms with E-state index >= 15 is 0 Å². The molecule has 1 aliphatic heterocycles. The molecule has 3 rings (SSSR count). The van der Waals surface area contributed by atoms with Crippen molar-refractivity contribution in [1.29, 1.82) is 0 Å². The van der Waals surface area contributed by atoms with Crippen molar-refractivity contribution in [3.63, 3.8) is 0 Å². The van der Waals surface area contributed by atoms with Crippen molar-refractivity contribution in [1.82, 2.24) is 19.8 Å². The van der Waals surface area contributed by atoms with Crippen molar-refractivity contribution >= 4 is 5.91 Å². The lowest BCUT2D eigenvalue weighted by Gasteiger charge is -2.33. The van der Waals surface area contributed by atoms with Gasteiger partial charge in [-0.05, 0) is 58.5 Å². The van der Waals surface area contributed by atoms with Gasteiger partial charge in [-0.2, -0.15) is 0 Å². The van der Waals surface area contributed by atoms with Gasteiger partial charge in [0, 0.05) is 24.5 Å². The van der Waals surface area contributed by atoms with E-state index in [9.17, 15) is 9.90 Å². The minimum Gasteiger partial charge on any atom is -0.383 e. The Morgan fingerprint density at radius 2 is 2.04 bits per heavy atom. The normalized spacial score (nSPS) is 21.6. The van der Waals surface area contributed by atoms with Gasteiger partial charge in [-0.25, -0.2) is 4.98 Å². The number of imidazole rings is 1.